The molecule has 0 aliphatic carbocycles. The van der Waals surface area contributed by atoms with Crippen LogP contribution in [0.25, 0.3) is 0 Å². The number of nitrogens with zero attached hydrogens (tertiary/aromatic N) is 3. The third-order valence-corrected chi connectivity index (χ3v) is 3.42. The fourth-order valence-corrected chi connectivity index (χ4v) is 1.46. The van der Waals surface area contributed by atoms with Gasteiger partial charge >= 0.3 is 0 Å². The maximum Gasteiger partial charge on any atom is 0.193 e. The second kappa shape index (κ2) is 8.97. The molecule has 0 spiro atoms. The molecule has 0 heterocycles. The third kappa shape index (κ3) is 7.21. The summed E-state index contributed by atoms with van der Waals surface area (Å²) in [6, 6.07) is 0. The molecule has 0 fully saturated rings. The summed E-state index contributed by atoms with van der Waals surface area (Å²) >= 11 is 0. The van der Waals surface area contributed by atoms with Crippen molar-refractivity contribution < 1.29 is 0 Å². The molecule has 0 bridgehead atoms. The Kier molecular flexibility index (Phi) is 8.48. The van der Waals surface area contributed by atoms with Crippen LogP contribution in [0.5, 0.6) is 0 Å². The van der Waals surface area contributed by atoms with Crippen LogP contribution in [0.15, 0.2) is 17.6 Å². The molecule has 112 valence electrons. The van der Waals surface area contributed by atoms with Gasteiger partial charge in [0.2, 0.25) is 0 Å². The maximum atomic E-state index is 4.75. The summed E-state index contributed by atoms with van der Waals surface area (Å²) in [4.78, 5) is 9.15. The van der Waals surface area contributed by atoms with Crippen molar-refractivity contribution in [3.8, 4) is 0 Å². The highest BCUT2D eigenvalue weighted by molar-refractivity contribution is 5.79. The third-order valence-electron chi connectivity index (χ3n) is 3.42. The van der Waals surface area contributed by atoms with Gasteiger partial charge < -0.3 is 15.1 Å². The fraction of sp³-hybridized carbons (Fsp3) is 0.800. The number of aliphatic imine (C=N–C) groups is 1. The number of hydrogen-bond acceptors (Lipinski definition) is 2. The van der Waals surface area contributed by atoms with Gasteiger partial charge in [-0.05, 0) is 47.7 Å². The quantitative estimate of drug-likeness (QED) is 0.317. The molecule has 0 saturated heterocycles. The standard InChI is InChI=1S/C15H32N4/c1-8-10-11-12-19(7)14(16-9-2)17-13-15(3,4)18(5)6/h8H,1,9-13H2,2-7H3,(H,16,17). The van der Waals surface area contributed by atoms with Gasteiger partial charge in [0, 0.05) is 25.7 Å². The minimum atomic E-state index is 0.0721. The Morgan fingerprint density at radius 3 is 2.42 bits per heavy atom. The largest absolute Gasteiger partial charge is 0.357 e. The van der Waals surface area contributed by atoms with E-state index in [0.29, 0.717) is 0 Å². The molecule has 4 heteroatoms. The monoisotopic (exact) mass is 268 g/mol. The maximum absolute atomic E-state index is 4.75. The van der Waals surface area contributed by atoms with Crippen molar-refractivity contribution in [2.24, 2.45) is 4.99 Å². The average molecular weight is 268 g/mol. The van der Waals surface area contributed by atoms with Crippen LogP contribution in [0.1, 0.15) is 33.6 Å². The van der Waals surface area contributed by atoms with E-state index in [1.54, 1.807) is 0 Å². The number of rotatable bonds is 8. The normalized spacial score (nSPS) is 12.7. The second-order valence-electron chi connectivity index (χ2n) is 5.73. The van der Waals surface area contributed by atoms with Gasteiger partial charge in [0.1, 0.15) is 0 Å². The van der Waals surface area contributed by atoms with E-state index in [1.165, 1.54) is 0 Å². The molecule has 19 heavy (non-hydrogen) atoms. The highest BCUT2D eigenvalue weighted by atomic mass is 15.3. The first kappa shape index (κ1) is 18.0. The van der Waals surface area contributed by atoms with Crippen molar-refractivity contribution in [3.63, 3.8) is 0 Å². The van der Waals surface area contributed by atoms with Crippen LogP contribution in [-0.2, 0) is 0 Å². The molecule has 0 aromatic heterocycles. The van der Waals surface area contributed by atoms with E-state index < -0.39 is 0 Å². The van der Waals surface area contributed by atoms with E-state index >= 15 is 0 Å². The van der Waals surface area contributed by atoms with E-state index in [-0.39, 0.29) is 5.54 Å². The van der Waals surface area contributed by atoms with Crippen LogP contribution < -0.4 is 5.32 Å². The molecule has 0 aromatic rings. The number of guanidine groups is 1. The number of unbranched alkanes of at least 4 members (excludes halogenated alkanes) is 1. The highest BCUT2D eigenvalue weighted by Gasteiger charge is 2.20. The van der Waals surface area contributed by atoms with Crippen LogP contribution in [0.2, 0.25) is 0 Å². The summed E-state index contributed by atoms with van der Waals surface area (Å²) in [7, 11) is 6.28. The average Bonchev–Trinajstić information content (AvgIpc) is 2.34. The van der Waals surface area contributed by atoms with E-state index in [2.05, 4.69) is 63.6 Å². The van der Waals surface area contributed by atoms with Crippen molar-refractivity contribution in [3.05, 3.63) is 12.7 Å². The Hall–Kier alpha value is -1.03. The van der Waals surface area contributed by atoms with Gasteiger partial charge in [-0.3, -0.25) is 4.99 Å². The van der Waals surface area contributed by atoms with Crippen molar-refractivity contribution in [1.82, 2.24) is 15.1 Å². The van der Waals surface area contributed by atoms with Crippen LogP contribution in [0.4, 0.5) is 0 Å². The van der Waals surface area contributed by atoms with E-state index in [4.69, 9.17) is 4.99 Å². The molecule has 0 amide bonds. The first-order valence-corrected chi connectivity index (χ1v) is 7.13. The van der Waals surface area contributed by atoms with Gasteiger partial charge in [0.05, 0.1) is 6.54 Å². The van der Waals surface area contributed by atoms with Gasteiger partial charge in [-0.25, -0.2) is 0 Å². The van der Waals surface area contributed by atoms with E-state index in [9.17, 15) is 0 Å². The Morgan fingerprint density at radius 1 is 1.32 bits per heavy atom. The molecule has 0 atom stereocenters. The molecule has 0 rings (SSSR count). The number of nitrogens with one attached hydrogen (secondary N) is 1. The van der Waals surface area contributed by atoms with Gasteiger partial charge in [-0.2, -0.15) is 0 Å². The Bertz CT molecular complexity index is 282. The Balaban J connectivity index is 4.56. The van der Waals surface area contributed by atoms with Crippen molar-refractivity contribution in [2.75, 3.05) is 40.8 Å². The number of allylic oxidation sites excluding steroid dienone is 1. The summed E-state index contributed by atoms with van der Waals surface area (Å²) in [6.07, 6.45) is 4.13. The summed E-state index contributed by atoms with van der Waals surface area (Å²) in [5, 5.41) is 3.35. The number of hydrogen-bond donors (Lipinski definition) is 1. The second-order valence-corrected chi connectivity index (χ2v) is 5.73. The van der Waals surface area contributed by atoms with Crippen LogP contribution >= 0.6 is 0 Å². The SMILES string of the molecule is C=CCCCN(C)C(=NCC(C)(C)N(C)C)NCC. The van der Waals surface area contributed by atoms with Gasteiger partial charge in [0.25, 0.3) is 0 Å². The van der Waals surface area contributed by atoms with E-state index in [1.807, 2.05) is 6.08 Å². The summed E-state index contributed by atoms with van der Waals surface area (Å²) in [5.41, 5.74) is 0.0721. The molecule has 0 saturated carbocycles. The number of likely N-dealkylation sites (N-methyl/N-ethyl adjacent to an activating group) is 1. The van der Waals surface area contributed by atoms with Crippen LogP contribution in [0.3, 0.4) is 0 Å². The molecule has 0 aromatic carbocycles. The van der Waals surface area contributed by atoms with Gasteiger partial charge in [0.15, 0.2) is 5.96 Å². The Labute approximate surface area is 119 Å². The highest BCUT2D eigenvalue weighted by Crippen LogP contribution is 2.10. The lowest BCUT2D eigenvalue weighted by atomic mass is 10.1. The smallest absolute Gasteiger partial charge is 0.193 e. The molecule has 0 unspecified atom stereocenters. The summed E-state index contributed by atoms with van der Waals surface area (Å²) < 4.78 is 0. The molecule has 0 aliphatic rings. The first-order chi connectivity index (χ1) is 8.85. The molecule has 0 aliphatic heterocycles. The molecule has 4 nitrogen and oxygen atoms in total. The molecular formula is C15H32N4. The van der Waals surface area contributed by atoms with Gasteiger partial charge in [-0.1, -0.05) is 6.08 Å². The Morgan fingerprint density at radius 2 is 1.95 bits per heavy atom. The lowest BCUT2D eigenvalue weighted by Crippen LogP contribution is -2.44. The topological polar surface area (TPSA) is 30.9 Å². The fourth-order valence-electron chi connectivity index (χ4n) is 1.46. The van der Waals surface area contributed by atoms with E-state index in [0.717, 1.165) is 38.4 Å². The molecule has 0 radical (unpaired) electrons. The van der Waals surface area contributed by atoms with Crippen LogP contribution in [-0.4, -0.2) is 62.1 Å². The van der Waals surface area contributed by atoms with Crippen molar-refractivity contribution in [2.45, 2.75) is 39.2 Å². The van der Waals surface area contributed by atoms with Crippen molar-refractivity contribution >= 4 is 5.96 Å². The minimum absolute atomic E-state index is 0.0721. The predicted octanol–water partition coefficient (Wildman–Crippen LogP) is 2.19. The zero-order valence-corrected chi connectivity index (χ0v) is 13.7. The molecule has 1 N–H and O–H groups in total. The lowest BCUT2D eigenvalue weighted by molar-refractivity contribution is 0.204. The molecular weight excluding hydrogens is 236 g/mol. The zero-order valence-electron chi connectivity index (χ0n) is 13.7. The zero-order chi connectivity index (χ0) is 14.9. The van der Waals surface area contributed by atoms with Crippen molar-refractivity contribution in [1.29, 1.82) is 0 Å². The van der Waals surface area contributed by atoms with Crippen LogP contribution in [0, 0.1) is 0 Å². The minimum Gasteiger partial charge on any atom is -0.357 e. The first-order valence-electron chi connectivity index (χ1n) is 7.13. The summed E-state index contributed by atoms with van der Waals surface area (Å²) in [6.45, 7) is 13.0. The predicted molar refractivity (Wildman–Crippen MR) is 85.8 cm³/mol. The van der Waals surface area contributed by atoms with Gasteiger partial charge in [-0.15, -0.1) is 6.58 Å². The summed E-state index contributed by atoms with van der Waals surface area (Å²) in [5.74, 6) is 0.987. The lowest BCUT2D eigenvalue weighted by Gasteiger charge is -2.32.